The van der Waals surface area contributed by atoms with Gasteiger partial charge in [0.1, 0.15) is 5.82 Å². The first-order valence-electron chi connectivity index (χ1n) is 4.45. The van der Waals surface area contributed by atoms with Crippen molar-refractivity contribution in [1.82, 2.24) is 4.98 Å². The van der Waals surface area contributed by atoms with Crippen LogP contribution in [0.2, 0.25) is 0 Å². The number of anilines is 1. The molecule has 2 rings (SSSR count). The first-order chi connectivity index (χ1) is 6.40. The fraction of sp³-hybridized carbons (Fsp3) is 0.300. The van der Waals surface area contributed by atoms with Crippen LogP contribution in [0.5, 0.6) is 0 Å². The summed E-state index contributed by atoms with van der Waals surface area (Å²) in [5, 5.41) is 0. The smallest absolute Gasteiger partial charge is 0.129 e. The lowest BCUT2D eigenvalue weighted by Gasteiger charge is -2.15. The molecule has 0 fully saturated rings. The molecule has 13 heavy (non-hydrogen) atoms. The van der Waals surface area contributed by atoms with Crippen molar-refractivity contribution in [2.75, 3.05) is 18.0 Å². The van der Waals surface area contributed by atoms with Crippen molar-refractivity contribution in [3.63, 3.8) is 0 Å². The number of nitrogens with two attached hydrogens (primary N) is 1. The van der Waals surface area contributed by atoms with Gasteiger partial charge >= 0.3 is 0 Å². The van der Waals surface area contributed by atoms with Gasteiger partial charge in [0.2, 0.25) is 0 Å². The molecule has 3 nitrogen and oxygen atoms in total. The monoisotopic (exact) mass is 175 g/mol. The molecule has 0 saturated carbocycles. The highest BCUT2D eigenvalue weighted by atomic mass is 15.2. The summed E-state index contributed by atoms with van der Waals surface area (Å²) in [7, 11) is 0. The summed E-state index contributed by atoms with van der Waals surface area (Å²) in [6, 6.07) is 4.05. The summed E-state index contributed by atoms with van der Waals surface area (Å²) < 4.78 is 0. The zero-order valence-corrected chi connectivity index (χ0v) is 7.48. The summed E-state index contributed by atoms with van der Waals surface area (Å²) in [5.41, 5.74) is 6.57. The van der Waals surface area contributed by atoms with E-state index in [1.165, 1.54) is 0 Å². The largest absolute Gasteiger partial charge is 0.349 e. The topological polar surface area (TPSA) is 42.1 Å². The number of nitrogens with zero attached hydrogens (tertiary/aromatic N) is 2. The van der Waals surface area contributed by atoms with Crippen LogP contribution in [0.15, 0.2) is 30.5 Å². The molecule has 0 unspecified atom stereocenters. The lowest BCUT2D eigenvalue weighted by molar-refractivity contribution is 0.956. The van der Waals surface area contributed by atoms with Gasteiger partial charge in [-0.2, -0.15) is 0 Å². The van der Waals surface area contributed by atoms with Crippen molar-refractivity contribution in [1.29, 1.82) is 0 Å². The Morgan fingerprint density at radius 2 is 2.08 bits per heavy atom. The van der Waals surface area contributed by atoms with Gasteiger partial charge in [-0.3, -0.25) is 0 Å². The van der Waals surface area contributed by atoms with Crippen LogP contribution < -0.4 is 10.6 Å². The van der Waals surface area contributed by atoms with E-state index in [9.17, 15) is 0 Å². The molecule has 1 aromatic heterocycles. The Bertz CT molecular complexity index is 294. The molecule has 0 radical (unpaired) electrons. The Kier molecular flexibility index (Phi) is 2.27. The van der Waals surface area contributed by atoms with Gasteiger partial charge in [-0.1, -0.05) is 18.2 Å². The van der Waals surface area contributed by atoms with E-state index in [-0.39, 0.29) is 0 Å². The van der Waals surface area contributed by atoms with Crippen molar-refractivity contribution in [3.05, 3.63) is 36.0 Å². The number of pyridine rings is 1. The van der Waals surface area contributed by atoms with Gasteiger partial charge in [0.15, 0.2) is 0 Å². The van der Waals surface area contributed by atoms with Crippen molar-refractivity contribution >= 4 is 5.82 Å². The highest BCUT2D eigenvalue weighted by Crippen LogP contribution is 2.13. The maximum Gasteiger partial charge on any atom is 0.129 e. The normalized spacial score (nSPS) is 15.3. The van der Waals surface area contributed by atoms with Gasteiger partial charge in [-0.25, -0.2) is 4.98 Å². The first-order valence-corrected chi connectivity index (χ1v) is 4.45. The SMILES string of the molecule is NCc1ccc(N2CC=CC2)nc1. The molecule has 0 amide bonds. The average Bonchev–Trinajstić information content (AvgIpc) is 2.71. The van der Waals surface area contributed by atoms with E-state index in [1.807, 2.05) is 18.3 Å². The minimum atomic E-state index is 0.561. The molecular formula is C10H13N3. The minimum absolute atomic E-state index is 0.561. The van der Waals surface area contributed by atoms with Crippen LogP contribution in [0.4, 0.5) is 5.82 Å². The fourth-order valence-corrected chi connectivity index (χ4v) is 1.39. The molecule has 0 atom stereocenters. The molecule has 0 bridgehead atoms. The van der Waals surface area contributed by atoms with Gasteiger partial charge in [0.05, 0.1) is 0 Å². The molecule has 1 aliphatic rings. The first kappa shape index (κ1) is 8.26. The van der Waals surface area contributed by atoms with Crippen LogP contribution >= 0.6 is 0 Å². The van der Waals surface area contributed by atoms with Crippen LogP contribution in [0, 0.1) is 0 Å². The molecule has 0 saturated heterocycles. The molecule has 1 aromatic rings. The summed E-state index contributed by atoms with van der Waals surface area (Å²) >= 11 is 0. The van der Waals surface area contributed by atoms with Gasteiger partial charge in [0.25, 0.3) is 0 Å². The predicted molar refractivity (Wildman–Crippen MR) is 53.5 cm³/mol. The van der Waals surface area contributed by atoms with Gasteiger partial charge in [-0.05, 0) is 11.6 Å². The van der Waals surface area contributed by atoms with Crippen LogP contribution in [0.25, 0.3) is 0 Å². The van der Waals surface area contributed by atoms with E-state index in [4.69, 9.17) is 5.73 Å². The summed E-state index contributed by atoms with van der Waals surface area (Å²) in [6.45, 7) is 2.50. The molecule has 2 heterocycles. The maximum atomic E-state index is 5.49. The third kappa shape index (κ3) is 1.70. The average molecular weight is 175 g/mol. The van der Waals surface area contributed by atoms with Crippen molar-refractivity contribution in [3.8, 4) is 0 Å². The van der Waals surface area contributed by atoms with E-state index in [0.717, 1.165) is 24.5 Å². The Labute approximate surface area is 77.9 Å². The Balaban J connectivity index is 2.13. The summed E-state index contributed by atoms with van der Waals surface area (Å²) in [5.74, 6) is 1.03. The predicted octanol–water partition coefficient (Wildman–Crippen LogP) is 0.917. The highest BCUT2D eigenvalue weighted by Gasteiger charge is 2.07. The standard InChI is InChI=1S/C10H13N3/c11-7-9-3-4-10(12-8-9)13-5-1-2-6-13/h1-4,8H,5-7,11H2. The second kappa shape index (κ2) is 3.58. The summed E-state index contributed by atoms with van der Waals surface area (Å²) in [6.07, 6.45) is 6.14. The molecule has 2 N–H and O–H groups in total. The van der Waals surface area contributed by atoms with Crippen LogP contribution in [0.1, 0.15) is 5.56 Å². The minimum Gasteiger partial charge on any atom is -0.349 e. The van der Waals surface area contributed by atoms with Crippen molar-refractivity contribution < 1.29 is 0 Å². The quantitative estimate of drug-likeness (QED) is 0.679. The number of hydrogen-bond donors (Lipinski definition) is 1. The second-order valence-electron chi connectivity index (χ2n) is 3.11. The lowest BCUT2D eigenvalue weighted by atomic mass is 10.3. The zero-order chi connectivity index (χ0) is 9.10. The van der Waals surface area contributed by atoms with E-state index in [2.05, 4.69) is 22.0 Å². The third-order valence-electron chi connectivity index (χ3n) is 2.19. The van der Waals surface area contributed by atoms with E-state index >= 15 is 0 Å². The molecule has 1 aliphatic heterocycles. The fourth-order valence-electron chi connectivity index (χ4n) is 1.39. The van der Waals surface area contributed by atoms with E-state index in [0.29, 0.717) is 6.54 Å². The highest BCUT2D eigenvalue weighted by molar-refractivity contribution is 5.42. The van der Waals surface area contributed by atoms with Crippen molar-refractivity contribution in [2.45, 2.75) is 6.54 Å². The maximum absolute atomic E-state index is 5.49. The third-order valence-corrected chi connectivity index (χ3v) is 2.19. The van der Waals surface area contributed by atoms with Crippen LogP contribution in [-0.2, 0) is 6.54 Å². The van der Waals surface area contributed by atoms with Gasteiger partial charge in [-0.15, -0.1) is 0 Å². The lowest BCUT2D eigenvalue weighted by Crippen LogP contribution is -2.19. The Hall–Kier alpha value is -1.35. The molecule has 0 aliphatic carbocycles. The summed E-state index contributed by atoms with van der Waals surface area (Å²) in [4.78, 5) is 6.55. The molecule has 0 aromatic carbocycles. The van der Waals surface area contributed by atoms with Crippen LogP contribution in [0.3, 0.4) is 0 Å². The van der Waals surface area contributed by atoms with Gasteiger partial charge < -0.3 is 10.6 Å². The molecule has 0 spiro atoms. The van der Waals surface area contributed by atoms with Crippen molar-refractivity contribution in [2.24, 2.45) is 5.73 Å². The second-order valence-corrected chi connectivity index (χ2v) is 3.11. The number of aromatic nitrogens is 1. The molecule has 3 heteroatoms. The zero-order valence-electron chi connectivity index (χ0n) is 7.48. The van der Waals surface area contributed by atoms with Crippen LogP contribution in [-0.4, -0.2) is 18.1 Å². The van der Waals surface area contributed by atoms with E-state index < -0.39 is 0 Å². The van der Waals surface area contributed by atoms with E-state index in [1.54, 1.807) is 0 Å². The Morgan fingerprint density at radius 1 is 1.31 bits per heavy atom. The molecular weight excluding hydrogens is 162 g/mol. The Morgan fingerprint density at radius 3 is 2.62 bits per heavy atom. The molecule has 68 valence electrons. The van der Waals surface area contributed by atoms with Gasteiger partial charge in [0, 0.05) is 25.8 Å². The number of rotatable bonds is 2. The number of hydrogen-bond acceptors (Lipinski definition) is 3.